The predicted molar refractivity (Wildman–Crippen MR) is 377 cm³/mol. The number of aryl methyl sites for hydroxylation is 1. The maximum absolute atomic E-state index is 15.5. The van der Waals surface area contributed by atoms with Crippen LogP contribution in [0.5, 0.6) is 5.75 Å². The highest BCUT2D eigenvalue weighted by atomic mass is 19.1. The molecule has 4 aromatic carbocycles. The third-order valence-corrected chi connectivity index (χ3v) is 16.7. The number of aromatic nitrogens is 2. The number of ether oxygens (including phenoxy) is 2. The second kappa shape index (κ2) is 40.5. The molecule has 0 radical (unpaired) electrons. The summed E-state index contributed by atoms with van der Waals surface area (Å²) in [7, 11) is 1.53. The highest BCUT2D eigenvalue weighted by Gasteiger charge is 2.43. The second-order valence-electron chi connectivity index (χ2n) is 25.8. The Balaban J connectivity index is 1.33. The van der Waals surface area contributed by atoms with E-state index in [-0.39, 0.29) is 25.0 Å². The van der Waals surface area contributed by atoms with E-state index >= 15 is 4.39 Å². The van der Waals surface area contributed by atoms with Crippen molar-refractivity contribution in [3.63, 3.8) is 0 Å². The molecule has 1 aromatic heterocycles. The molecule has 11 amide bonds. The van der Waals surface area contributed by atoms with Crippen LogP contribution in [0.3, 0.4) is 0 Å². The first-order valence-electron chi connectivity index (χ1n) is 33.6. The van der Waals surface area contributed by atoms with Crippen LogP contribution in [0, 0.1) is 5.82 Å². The Labute approximate surface area is 613 Å². The molecule has 0 fully saturated rings. The quantitative estimate of drug-likeness (QED) is 0.0175. The van der Waals surface area contributed by atoms with Crippen LogP contribution < -0.4 is 69.4 Å². The van der Waals surface area contributed by atoms with Crippen LogP contribution in [0.25, 0.3) is 11.1 Å². The zero-order valence-corrected chi connectivity index (χ0v) is 59.7. The van der Waals surface area contributed by atoms with Crippen molar-refractivity contribution in [2.45, 2.75) is 171 Å². The summed E-state index contributed by atoms with van der Waals surface area (Å²) < 4.78 is 26.1. The number of halogens is 1. The number of carbonyl (C=O) groups excluding carboxylic acids is 12. The molecule has 578 valence electrons. The average Bonchev–Trinajstić information content (AvgIpc) is 0.896. The molecular formula is C71H91FN14O21. The second-order valence-corrected chi connectivity index (χ2v) is 25.8. The number of carboxylic acid groups (broad SMARTS) is 2. The van der Waals surface area contributed by atoms with Crippen LogP contribution in [-0.4, -0.2) is 210 Å². The Kier molecular flexibility index (Phi) is 32.5. The summed E-state index contributed by atoms with van der Waals surface area (Å²) in [5.41, 5.74) is 11.1. The molecule has 0 aliphatic carbocycles. The molecular weight excluding hydrogens is 1400 g/mol. The number of imidazole rings is 1. The van der Waals surface area contributed by atoms with Gasteiger partial charge in [-0.25, -0.2) is 9.37 Å². The largest absolute Gasteiger partial charge is 0.497 e. The minimum Gasteiger partial charge on any atom is -0.497 e. The number of benzene rings is 4. The molecule has 0 saturated heterocycles. The van der Waals surface area contributed by atoms with Gasteiger partial charge in [-0.2, -0.15) is 0 Å². The van der Waals surface area contributed by atoms with Crippen LogP contribution in [-0.2, 0) is 104 Å². The van der Waals surface area contributed by atoms with Gasteiger partial charge in [-0.15, -0.1) is 0 Å². The van der Waals surface area contributed by atoms with E-state index in [1.807, 2.05) is 19.1 Å². The lowest BCUT2D eigenvalue weighted by molar-refractivity contribution is -0.147. The summed E-state index contributed by atoms with van der Waals surface area (Å²) in [4.78, 5) is 196. The number of aliphatic hydroxyl groups is 3. The number of carboxylic acids is 2. The van der Waals surface area contributed by atoms with Gasteiger partial charge in [0.1, 0.15) is 71.5 Å². The van der Waals surface area contributed by atoms with E-state index in [2.05, 4.69) is 63.1 Å². The molecule has 5 aromatic rings. The van der Waals surface area contributed by atoms with Gasteiger partial charge in [-0.05, 0) is 99.0 Å². The van der Waals surface area contributed by atoms with Crippen molar-refractivity contribution < 1.29 is 107 Å². The fraction of sp³-hybridized carbons (Fsp3) is 0.423. The maximum Gasteiger partial charge on any atom is 0.308 e. The summed E-state index contributed by atoms with van der Waals surface area (Å²) in [6.45, 7) is 4.99. The molecule has 0 aliphatic heterocycles. The molecule has 0 aliphatic rings. The fourth-order valence-corrected chi connectivity index (χ4v) is 10.6. The van der Waals surface area contributed by atoms with Gasteiger partial charge in [0.05, 0.1) is 63.4 Å². The van der Waals surface area contributed by atoms with Gasteiger partial charge in [0.25, 0.3) is 0 Å². The topological polar surface area (TPSA) is 560 Å². The number of amides is 11. The van der Waals surface area contributed by atoms with Gasteiger partial charge in [0, 0.05) is 31.9 Å². The fourth-order valence-electron chi connectivity index (χ4n) is 10.6. The molecule has 5 rings (SSSR count). The monoisotopic (exact) mass is 1490 g/mol. The predicted octanol–water partition coefficient (Wildman–Crippen LogP) is -2.87. The number of esters is 1. The van der Waals surface area contributed by atoms with Crippen molar-refractivity contribution in [3.8, 4) is 16.9 Å². The van der Waals surface area contributed by atoms with Crippen molar-refractivity contribution in [1.82, 2.24) is 63.1 Å². The van der Waals surface area contributed by atoms with E-state index in [4.69, 9.17) is 20.9 Å². The van der Waals surface area contributed by atoms with E-state index < -0.39 is 206 Å². The molecule has 0 bridgehead atoms. The standard InChI is InChI=1S/C71H91FN14O21/c1-8-41-27-45(106-7)22-23-46(41)42-20-18-39(19-21-42)26-51(63(99)78-50(60(74)96)30-57(95)107-35-40-14-10-9-11-15-40)79-64(100)52(29-56(93)94)80-65(101)53(34-87)81-66(102)58(37(2)88)84-69(105)71(6,31-43-16-12-13-17-47(43)72)86-67(103)59(38(3)89)83-54(90)33-76-62(98)49(24-25-55(91)92)82-68(104)70(4,5)85-61(97)48(73)28-44-32-75-36-77-44/h9-23,27,32,36-38,48-53,58-59,87-89H,8,24-26,28-31,33-35,73H2,1-7H3,(H2,74,96)(H,75,77)(H,76,98)(H,78,99)(H,79,100)(H,80,101)(H,81,102)(H,82,104)(H,83,90)(H,84,105)(H,85,97)(H,86,103)(H,91,92)(H,93,94)/t37-,38-,48+,49+,50+,51+,52+,53+,58+,59+,71+/m1/s1. The van der Waals surface area contributed by atoms with E-state index in [1.165, 1.54) is 51.7 Å². The number of aliphatic carboxylic acids is 2. The number of primary amides is 1. The molecule has 0 unspecified atom stereocenters. The number of aliphatic hydroxyl groups excluding tert-OH is 3. The zero-order valence-electron chi connectivity index (χ0n) is 59.7. The highest BCUT2D eigenvalue weighted by Crippen LogP contribution is 2.29. The Bertz CT molecular complexity index is 3980. The first kappa shape index (κ1) is 85.9. The third-order valence-electron chi connectivity index (χ3n) is 16.7. The Morgan fingerprint density at radius 2 is 1.22 bits per heavy atom. The number of nitrogens with one attached hydrogen (secondary N) is 11. The van der Waals surface area contributed by atoms with Crippen LogP contribution in [0.1, 0.15) is 95.2 Å². The normalized spacial score (nSPS) is 14.5. The Morgan fingerprint density at radius 3 is 1.81 bits per heavy atom. The Morgan fingerprint density at radius 1 is 0.617 bits per heavy atom. The number of H-pyrrole nitrogens is 1. The minimum absolute atomic E-state index is 0.0206. The Hall–Kier alpha value is -11.8. The van der Waals surface area contributed by atoms with Crippen LogP contribution in [0.2, 0.25) is 0 Å². The van der Waals surface area contributed by atoms with Gasteiger partial charge >= 0.3 is 17.9 Å². The van der Waals surface area contributed by atoms with Crippen LogP contribution >= 0.6 is 0 Å². The van der Waals surface area contributed by atoms with E-state index in [1.54, 1.807) is 60.7 Å². The number of carbonyl (C=O) groups is 14. The lowest BCUT2D eigenvalue weighted by atomic mass is 9.90. The van der Waals surface area contributed by atoms with Crippen LogP contribution in [0.4, 0.5) is 4.39 Å². The number of aromatic amines is 1. The first-order valence-corrected chi connectivity index (χ1v) is 33.6. The van der Waals surface area contributed by atoms with Crippen molar-refractivity contribution in [3.05, 3.63) is 143 Å². The summed E-state index contributed by atoms with van der Waals surface area (Å²) in [6, 6.07) is 10.7. The zero-order chi connectivity index (χ0) is 79.5. The average molecular weight is 1500 g/mol. The van der Waals surface area contributed by atoms with Crippen LogP contribution in [0.15, 0.2) is 110 Å². The summed E-state index contributed by atoms with van der Waals surface area (Å²) in [6.07, 6.45) is -4.66. The molecule has 0 saturated carbocycles. The summed E-state index contributed by atoms with van der Waals surface area (Å²) >= 11 is 0. The first-order chi connectivity index (χ1) is 50.5. The van der Waals surface area contributed by atoms with Gasteiger partial charge in [-0.1, -0.05) is 85.8 Å². The van der Waals surface area contributed by atoms with Crippen molar-refractivity contribution in [2.75, 3.05) is 20.3 Å². The van der Waals surface area contributed by atoms with Crippen molar-refractivity contribution in [1.29, 1.82) is 0 Å². The lowest BCUT2D eigenvalue weighted by Crippen LogP contribution is -2.67. The number of nitrogens with zero attached hydrogens (tertiary/aromatic N) is 1. The molecule has 1 heterocycles. The SMILES string of the molecule is CCc1cc(OC)ccc1-c1ccc(C[C@H](NC(=O)[C@H](CC(=O)O)NC(=O)[C@H](CO)NC(=O)[C@@H](NC(=O)[C@](C)(Cc2ccccc2F)NC(=O)[C@@H](NC(=O)CNC(=O)[C@H](CCC(=O)O)NC(=O)C(C)(C)NC(=O)[C@@H](N)Cc2c[nH]cn2)[C@@H](C)O)[C@@H](C)O)C(=O)N[C@@H](CC(=O)OCc2ccccc2)C(N)=O)cc1. The van der Waals surface area contributed by atoms with Gasteiger partial charge in [0.2, 0.25) is 65.0 Å². The smallest absolute Gasteiger partial charge is 0.308 e. The molecule has 36 heteroatoms. The van der Waals surface area contributed by atoms with E-state index in [9.17, 15) is 92.7 Å². The van der Waals surface area contributed by atoms with Gasteiger partial charge in [-0.3, -0.25) is 67.1 Å². The molecule has 35 nitrogen and oxygen atoms in total. The molecule has 20 N–H and O–H groups in total. The highest BCUT2D eigenvalue weighted by molar-refractivity contribution is 6.01. The number of hydrogen-bond donors (Lipinski definition) is 18. The maximum atomic E-state index is 15.5. The minimum atomic E-state index is -2.44. The molecule has 0 spiro atoms. The summed E-state index contributed by atoms with van der Waals surface area (Å²) in [5.74, 6) is -17.7. The number of rotatable bonds is 42. The van der Waals surface area contributed by atoms with E-state index in [0.717, 1.165) is 43.5 Å². The third kappa shape index (κ3) is 26.7. The van der Waals surface area contributed by atoms with E-state index in [0.29, 0.717) is 29.0 Å². The number of hydrogen-bond acceptors (Lipinski definition) is 21. The molecule has 107 heavy (non-hydrogen) atoms. The summed E-state index contributed by atoms with van der Waals surface area (Å²) in [5, 5.41) is 74.5. The van der Waals surface area contributed by atoms with Gasteiger partial charge < -0.3 is 105 Å². The van der Waals surface area contributed by atoms with Crippen molar-refractivity contribution in [2.24, 2.45) is 11.5 Å². The molecule has 11 atom stereocenters. The lowest BCUT2D eigenvalue weighted by Gasteiger charge is -2.34. The van der Waals surface area contributed by atoms with Crippen molar-refractivity contribution >= 4 is 82.9 Å². The number of methoxy groups -OCH3 is 1. The number of nitrogens with two attached hydrogens (primary N) is 2. The van der Waals surface area contributed by atoms with Gasteiger partial charge in [0.15, 0.2) is 0 Å².